The molecule has 0 aliphatic carbocycles. The Morgan fingerprint density at radius 1 is 1.56 bits per heavy atom. The van der Waals surface area contributed by atoms with Gasteiger partial charge in [0.15, 0.2) is 0 Å². The minimum Gasteiger partial charge on any atom is -0.481 e. The highest BCUT2D eigenvalue weighted by Gasteiger charge is 2.20. The van der Waals surface area contributed by atoms with Crippen LogP contribution >= 0.6 is 0 Å². The molecule has 0 aliphatic rings. The molecule has 2 atom stereocenters. The lowest BCUT2D eigenvalue weighted by Gasteiger charge is -2.28. The normalized spacial score (nSPS) is 15.0. The summed E-state index contributed by atoms with van der Waals surface area (Å²) in [5, 5.41) is 8.89. The molecule has 1 N–H and O–H groups in total. The van der Waals surface area contributed by atoms with E-state index in [0.717, 1.165) is 12.1 Å². The summed E-state index contributed by atoms with van der Waals surface area (Å²) in [7, 11) is 0. The number of rotatable bonds is 6. The lowest BCUT2D eigenvalue weighted by atomic mass is 10.1. The van der Waals surface area contributed by atoms with Crippen LogP contribution in [0.4, 0.5) is 0 Å². The van der Waals surface area contributed by atoms with Gasteiger partial charge in [0, 0.05) is 18.2 Å². The van der Waals surface area contributed by atoms with Crippen LogP contribution < -0.4 is 0 Å². The molecule has 1 aromatic rings. The lowest BCUT2D eigenvalue weighted by Crippen LogP contribution is -2.33. The Hall–Kier alpha value is -1.29. The van der Waals surface area contributed by atoms with E-state index in [-0.39, 0.29) is 12.0 Å². The van der Waals surface area contributed by atoms with Gasteiger partial charge in [0.05, 0.1) is 18.4 Å². The molecule has 0 amide bonds. The van der Waals surface area contributed by atoms with E-state index >= 15 is 0 Å². The van der Waals surface area contributed by atoms with E-state index in [9.17, 15) is 4.79 Å². The molecule has 1 heterocycles. The number of furan rings is 1. The standard InChI is InChI=1S/C12H19NO3/c1-4-13(7-9(2)12(14)15)10(3)11-5-6-16-8-11/h5-6,8-10H,4,7H2,1-3H3,(H,14,15). The average molecular weight is 225 g/mol. The van der Waals surface area contributed by atoms with E-state index in [1.807, 2.05) is 13.0 Å². The van der Waals surface area contributed by atoms with E-state index in [4.69, 9.17) is 9.52 Å². The number of aliphatic carboxylic acids is 1. The van der Waals surface area contributed by atoms with Crippen molar-refractivity contribution in [3.8, 4) is 0 Å². The van der Waals surface area contributed by atoms with Crippen LogP contribution in [-0.2, 0) is 4.79 Å². The largest absolute Gasteiger partial charge is 0.481 e. The van der Waals surface area contributed by atoms with E-state index in [2.05, 4.69) is 11.8 Å². The van der Waals surface area contributed by atoms with Gasteiger partial charge in [-0.05, 0) is 19.5 Å². The predicted molar refractivity (Wildman–Crippen MR) is 61.2 cm³/mol. The fraction of sp³-hybridized carbons (Fsp3) is 0.583. The van der Waals surface area contributed by atoms with Crippen molar-refractivity contribution in [1.29, 1.82) is 0 Å². The smallest absolute Gasteiger partial charge is 0.307 e. The first-order chi connectivity index (χ1) is 7.56. The number of nitrogens with zero attached hydrogens (tertiary/aromatic N) is 1. The summed E-state index contributed by atoms with van der Waals surface area (Å²) in [5.41, 5.74) is 1.08. The Morgan fingerprint density at radius 3 is 2.69 bits per heavy atom. The highest BCUT2D eigenvalue weighted by molar-refractivity contribution is 5.69. The maximum atomic E-state index is 10.8. The number of carbonyl (C=O) groups is 1. The van der Waals surface area contributed by atoms with Crippen LogP contribution in [0.2, 0.25) is 0 Å². The highest BCUT2D eigenvalue weighted by atomic mass is 16.4. The molecule has 0 saturated heterocycles. The maximum Gasteiger partial charge on any atom is 0.307 e. The van der Waals surface area contributed by atoms with Crippen molar-refractivity contribution in [3.63, 3.8) is 0 Å². The van der Waals surface area contributed by atoms with Gasteiger partial charge in [0.2, 0.25) is 0 Å². The Bertz CT molecular complexity index is 321. The molecule has 1 rings (SSSR count). The molecule has 0 aromatic carbocycles. The fourth-order valence-electron chi connectivity index (χ4n) is 1.71. The number of carboxylic acid groups (broad SMARTS) is 1. The zero-order valence-corrected chi connectivity index (χ0v) is 10.0. The van der Waals surface area contributed by atoms with Crippen molar-refractivity contribution < 1.29 is 14.3 Å². The summed E-state index contributed by atoms with van der Waals surface area (Å²) in [6.07, 6.45) is 3.35. The lowest BCUT2D eigenvalue weighted by molar-refractivity contribution is -0.141. The molecular formula is C12H19NO3. The van der Waals surface area contributed by atoms with E-state index in [1.54, 1.807) is 19.5 Å². The van der Waals surface area contributed by atoms with Crippen LogP contribution in [0.1, 0.15) is 32.4 Å². The second-order valence-corrected chi connectivity index (χ2v) is 4.06. The molecule has 90 valence electrons. The first-order valence-electron chi connectivity index (χ1n) is 5.55. The van der Waals surface area contributed by atoms with Crippen LogP contribution in [0.15, 0.2) is 23.0 Å². The van der Waals surface area contributed by atoms with Gasteiger partial charge >= 0.3 is 5.97 Å². The SMILES string of the molecule is CCN(CC(C)C(=O)O)C(C)c1ccoc1. The van der Waals surface area contributed by atoms with Crippen molar-refractivity contribution in [2.75, 3.05) is 13.1 Å². The molecule has 2 unspecified atom stereocenters. The van der Waals surface area contributed by atoms with Gasteiger partial charge in [-0.1, -0.05) is 13.8 Å². The third kappa shape index (κ3) is 3.10. The summed E-state index contributed by atoms with van der Waals surface area (Å²) in [6, 6.07) is 2.10. The van der Waals surface area contributed by atoms with Crippen LogP contribution in [0.3, 0.4) is 0 Å². The molecule has 0 fully saturated rings. The van der Waals surface area contributed by atoms with Crippen LogP contribution in [-0.4, -0.2) is 29.1 Å². The molecule has 4 nitrogen and oxygen atoms in total. The van der Waals surface area contributed by atoms with E-state index < -0.39 is 5.97 Å². The average Bonchev–Trinajstić information content (AvgIpc) is 2.77. The molecule has 1 aromatic heterocycles. The number of hydrogen-bond acceptors (Lipinski definition) is 3. The molecule has 4 heteroatoms. The molecule has 0 saturated carbocycles. The Balaban J connectivity index is 2.64. The van der Waals surface area contributed by atoms with Gasteiger partial charge in [-0.25, -0.2) is 0 Å². The molecular weight excluding hydrogens is 206 g/mol. The predicted octanol–water partition coefficient (Wildman–Crippen LogP) is 2.38. The summed E-state index contributed by atoms with van der Waals surface area (Å²) < 4.78 is 5.04. The fourth-order valence-corrected chi connectivity index (χ4v) is 1.71. The molecule has 0 bridgehead atoms. The van der Waals surface area contributed by atoms with E-state index in [1.165, 1.54) is 0 Å². The minimum absolute atomic E-state index is 0.186. The zero-order valence-electron chi connectivity index (χ0n) is 10.0. The number of carboxylic acids is 1. The van der Waals surface area contributed by atoms with Crippen molar-refractivity contribution in [3.05, 3.63) is 24.2 Å². The Kier molecular flexibility index (Phi) is 4.55. The Morgan fingerprint density at radius 2 is 2.25 bits per heavy atom. The van der Waals surface area contributed by atoms with Gasteiger partial charge in [0.1, 0.15) is 0 Å². The summed E-state index contributed by atoms with van der Waals surface area (Å²) in [6.45, 7) is 7.20. The highest BCUT2D eigenvalue weighted by Crippen LogP contribution is 2.21. The van der Waals surface area contributed by atoms with Crippen molar-refractivity contribution in [2.45, 2.75) is 26.8 Å². The molecule has 0 aliphatic heterocycles. The molecule has 0 spiro atoms. The first-order valence-corrected chi connectivity index (χ1v) is 5.55. The topological polar surface area (TPSA) is 53.7 Å². The summed E-state index contributed by atoms with van der Waals surface area (Å²) in [5.74, 6) is -1.10. The van der Waals surface area contributed by atoms with Gasteiger partial charge in [-0.15, -0.1) is 0 Å². The molecule has 16 heavy (non-hydrogen) atoms. The monoisotopic (exact) mass is 225 g/mol. The zero-order chi connectivity index (χ0) is 12.1. The first kappa shape index (κ1) is 12.8. The number of hydrogen-bond donors (Lipinski definition) is 1. The van der Waals surface area contributed by atoms with Crippen molar-refractivity contribution >= 4 is 5.97 Å². The Labute approximate surface area is 95.9 Å². The van der Waals surface area contributed by atoms with Crippen LogP contribution in [0, 0.1) is 5.92 Å². The maximum absolute atomic E-state index is 10.8. The van der Waals surface area contributed by atoms with Gasteiger partial charge in [0.25, 0.3) is 0 Å². The quantitative estimate of drug-likeness (QED) is 0.807. The van der Waals surface area contributed by atoms with Crippen molar-refractivity contribution in [1.82, 2.24) is 4.90 Å². The van der Waals surface area contributed by atoms with E-state index in [0.29, 0.717) is 6.54 Å². The third-order valence-corrected chi connectivity index (χ3v) is 2.91. The minimum atomic E-state index is -0.752. The summed E-state index contributed by atoms with van der Waals surface area (Å²) in [4.78, 5) is 12.9. The second kappa shape index (κ2) is 5.70. The van der Waals surface area contributed by atoms with Gasteiger partial charge in [-0.2, -0.15) is 0 Å². The van der Waals surface area contributed by atoms with Crippen LogP contribution in [0.25, 0.3) is 0 Å². The van der Waals surface area contributed by atoms with Gasteiger partial charge < -0.3 is 9.52 Å². The van der Waals surface area contributed by atoms with Gasteiger partial charge in [-0.3, -0.25) is 9.69 Å². The molecule has 0 radical (unpaired) electrons. The summed E-state index contributed by atoms with van der Waals surface area (Å²) >= 11 is 0. The third-order valence-electron chi connectivity index (χ3n) is 2.91. The van der Waals surface area contributed by atoms with Crippen LogP contribution in [0.5, 0.6) is 0 Å². The second-order valence-electron chi connectivity index (χ2n) is 4.06. The van der Waals surface area contributed by atoms with Crippen molar-refractivity contribution in [2.24, 2.45) is 5.92 Å².